The van der Waals surface area contributed by atoms with Gasteiger partial charge >= 0.3 is 5.97 Å². The second kappa shape index (κ2) is 9.75. The molecule has 0 N–H and O–H groups in total. The monoisotopic (exact) mass is 374 g/mol. The number of benzene rings is 3. The summed E-state index contributed by atoms with van der Waals surface area (Å²) in [6, 6.07) is 25.6. The van der Waals surface area contributed by atoms with Crippen LogP contribution in [0.4, 0.5) is 0 Å². The maximum absolute atomic E-state index is 12.1. The minimum atomic E-state index is -0.231. The van der Waals surface area contributed by atoms with E-state index in [9.17, 15) is 4.79 Å². The number of carbonyl (C=O) groups is 1. The van der Waals surface area contributed by atoms with Crippen LogP contribution in [0.5, 0.6) is 11.5 Å². The van der Waals surface area contributed by atoms with E-state index in [2.05, 4.69) is 38.1 Å². The van der Waals surface area contributed by atoms with Crippen molar-refractivity contribution in [2.75, 3.05) is 0 Å². The Hall–Kier alpha value is -3.07. The molecule has 0 aliphatic heterocycles. The zero-order chi connectivity index (χ0) is 19.8. The topological polar surface area (TPSA) is 35.5 Å². The fourth-order valence-electron chi connectivity index (χ4n) is 2.84. The Morgan fingerprint density at radius 3 is 2.07 bits per heavy atom. The number of esters is 1. The number of ether oxygens (including phenoxy) is 2. The summed E-state index contributed by atoms with van der Waals surface area (Å²) in [5, 5.41) is 0. The number of hydrogen-bond donors (Lipinski definition) is 0. The van der Waals surface area contributed by atoms with Gasteiger partial charge in [0.15, 0.2) is 0 Å². The summed E-state index contributed by atoms with van der Waals surface area (Å²) in [4.78, 5) is 12.1. The SMILES string of the molecule is CC(C)c1ccc(CCC(=O)Oc2ccc(OCc3ccccc3)cc2)cc1. The van der Waals surface area contributed by atoms with Crippen molar-refractivity contribution in [3.63, 3.8) is 0 Å². The van der Waals surface area contributed by atoms with Gasteiger partial charge in [-0.15, -0.1) is 0 Å². The number of hydrogen-bond acceptors (Lipinski definition) is 3. The van der Waals surface area contributed by atoms with Crippen molar-refractivity contribution in [3.8, 4) is 11.5 Å². The number of rotatable bonds is 8. The molecule has 3 rings (SSSR count). The molecule has 3 aromatic rings. The molecule has 0 atom stereocenters. The lowest BCUT2D eigenvalue weighted by Gasteiger charge is -2.09. The Kier molecular flexibility index (Phi) is 6.85. The van der Waals surface area contributed by atoms with Crippen molar-refractivity contribution in [3.05, 3.63) is 95.6 Å². The van der Waals surface area contributed by atoms with Crippen LogP contribution < -0.4 is 9.47 Å². The highest BCUT2D eigenvalue weighted by Crippen LogP contribution is 2.20. The van der Waals surface area contributed by atoms with E-state index in [0.717, 1.165) is 16.9 Å². The van der Waals surface area contributed by atoms with Crippen molar-refractivity contribution >= 4 is 5.97 Å². The molecular weight excluding hydrogens is 348 g/mol. The quantitative estimate of drug-likeness (QED) is 0.362. The van der Waals surface area contributed by atoms with Gasteiger partial charge in [-0.3, -0.25) is 4.79 Å². The van der Waals surface area contributed by atoms with Gasteiger partial charge in [0.25, 0.3) is 0 Å². The van der Waals surface area contributed by atoms with E-state index >= 15 is 0 Å². The molecule has 0 spiro atoms. The summed E-state index contributed by atoms with van der Waals surface area (Å²) in [6.07, 6.45) is 1.03. The fourth-order valence-corrected chi connectivity index (χ4v) is 2.84. The van der Waals surface area contributed by atoms with Crippen molar-refractivity contribution in [1.82, 2.24) is 0 Å². The molecule has 0 fully saturated rings. The first kappa shape index (κ1) is 19.7. The molecule has 144 valence electrons. The minimum Gasteiger partial charge on any atom is -0.489 e. The van der Waals surface area contributed by atoms with Gasteiger partial charge in [0.1, 0.15) is 18.1 Å². The van der Waals surface area contributed by atoms with E-state index in [-0.39, 0.29) is 5.97 Å². The van der Waals surface area contributed by atoms with Gasteiger partial charge < -0.3 is 9.47 Å². The standard InChI is InChI=1S/C25H26O3/c1-19(2)22-11-8-20(9-12-22)10-17-25(26)28-24-15-13-23(14-16-24)27-18-21-6-4-3-5-7-21/h3-9,11-16,19H,10,17-18H2,1-2H3. The highest BCUT2D eigenvalue weighted by Gasteiger charge is 2.07. The molecule has 0 aliphatic rings. The van der Waals surface area contributed by atoms with Crippen molar-refractivity contribution in [2.24, 2.45) is 0 Å². The van der Waals surface area contributed by atoms with Crippen LogP contribution in [0.2, 0.25) is 0 Å². The first-order valence-corrected chi connectivity index (χ1v) is 9.66. The Morgan fingerprint density at radius 1 is 0.786 bits per heavy atom. The predicted molar refractivity (Wildman–Crippen MR) is 112 cm³/mol. The predicted octanol–water partition coefficient (Wildman–Crippen LogP) is 5.93. The number of carbonyl (C=O) groups excluding carboxylic acids is 1. The van der Waals surface area contributed by atoms with Crippen molar-refractivity contribution in [1.29, 1.82) is 0 Å². The minimum absolute atomic E-state index is 0.231. The van der Waals surface area contributed by atoms with Gasteiger partial charge in [-0.05, 0) is 53.3 Å². The second-order valence-electron chi connectivity index (χ2n) is 7.12. The molecule has 0 radical (unpaired) electrons. The van der Waals surface area contributed by atoms with Crippen LogP contribution in [0.1, 0.15) is 42.9 Å². The lowest BCUT2D eigenvalue weighted by atomic mass is 10.0. The van der Waals surface area contributed by atoms with Crippen LogP contribution in [0.3, 0.4) is 0 Å². The largest absolute Gasteiger partial charge is 0.489 e. The third-order valence-electron chi connectivity index (χ3n) is 4.57. The van der Waals surface area contributed by atoms with Gasteiger partial charge in [-0.2, -0.15) is 0 Å². The van der Waals surface area contributed by atoms with E-state index in [1.165, 1.54) is 5.56 Å². The Morgan fingerprint density at radius 2 is 1.43 bits per heavy atom. The normalized spacial score (nSPS) is 10.7. The van der Waals surface area contributed by atoms with E-state index in [1.807, 2.05) is 42.5 Å². The van der Waals surface area contributed by atoms with Crippen LogP contribution in [-0.2, 0) is 17.8 Å². The van der Waals surface area contributed by atoms with Crippen LogP contribution in [0, 0.1) is 0 Å². The Labute approximate surface area is 166 Å². The molecule has 28 heavy (non-hydrogen) atoms. The lowest BCUT2D eigenvalue weighted by Crippen LogP contribution is -2.09. The average Bonchev–Trinajstić information content (AvgIpc) is 2.73. The van der Waals surface area contributed by atoms with Crippen LogP contribution in [0.15, 0.2) is 78.9 Å². The first-order valence-electron chi connectivity index (χ1n) is 9.66. The van der Waals surface area contributed by atoms with Crippen molar-refractivity contribution in [2.45, 2.75) is 39.2 Å². The zero-order valence-electron chi connectivity index (χ0n) is 16.4. The summed E-state index contributed by atoms with van der Waals surface area (Å²) >= 11 is 0. The summed E-state index contributed by atoms with van der Waals surface area (Å²) in [6.45, 7) is 4.85. The lowest BCUT2D eigenvalue weighted by molar-refractivity contribution is -0.134. The summed E-state index contributed by atoms with van der Waals surface area (Å²) in [7, 11) is 0. The smallest absolute Gasteiger partial charge is 0.311 e. The number of aryl methyl sites for hydroxylation is 1. The Bertz CT molecular complexity index is 866. The van der Waals surface area contributed by atoms with E-state index in [1.54, 1.807) is 12.1 Å². The molecule has 0 bridgehead atoms. The van der Waals surface area contributed by atoms with Crippen LogP contribution >= 0.6 is 0 Å². The fraction of sp³-hybridized carbons (Fsp3) is 0.240. The molecule has 0 aromatic heterocycles. The second-order valence-corrected chi connectivity index (χ2v) is 7.12. The summed E-state index contributed by atoms with van der Waals surface area (Å²) in [5.41, 5.74) is 3.56. The molecule has 0 aliphatic carbocycles. The van der Waals surface area contributed by atoms with Gasteiger partial charge in [-0.1, -0.05) is 68.4 Å². The zero-order valence-corrected chi connectivity index (χ0v) is 16.4. The van der Waals surface area contributed by atoms with Gasteiger partial charge in [0.05, 0.1) is 0 Å². The molecule has 0 saturated heterocycles. The summed E-state index contributed by atoms with van der Waals surface area (Å²) in [5.74, 6) is 1.56. The summed E-state index contributed by atoms with van der Waals surface area (Å²) < 4.78 is 11.2. The third kappa shape index (κ3) is 5.98. The molecule has 3 nitrogen and oxygen atoms in total. The Balaban J connectivity index is 1.45. The van der Waals surface area contributed by atoms with E-state index < -0.39 is 0 Å². The highest BCUT2D eigenvalue weighted by atomic mass is 16.5. The van der Waals surface area contributed by atoms with Gasteiger partial charge in [-0.25, -0.2) is 0 Å². The van der Waals surface area contributed by atoms with Crippen LogP contribution in [-0.4, -0.2) is 5.97 Å². The highest BCUT2D eigenvalue weighted by molar-refractivity contribution is 5.72. The average molecular weight is 374 g/mol. The van der Waals surface area contributed by atoms with Crippen LogP contribution in [0.25, 0.3) is 0 Å². The van der Waals surface area contributed by atoms with E-state index in [0.29, 0.717) is 31.1 Å². The molecule has 0 unspecified atom stereocenters. The third-order valence-corrected chi connectivity index (χ3v) is 4.57. The first-order chi connectivity index (χ1) is 13.6. The molecule has 3 aromatic carbocycles. The molecular formula is C25H26O3. The molecule has 0 saturated carbocycles. The van der Waals surface area contributed by atoms with Gasteiger partial charge in [0.2, 0.25) is 0 Å². The molecule has 0 heterocycles. The maximum Gasteiger partial charge on any atom is 0.311 e. The molecule has 3 heteroatoms. The van der Waals surface area contributed by atoms with Crippen molar-refractivity contribution < 1.29 is 14.3 Å². The maximum atomic E-state index is 12.1. The molecule has 0 amide bonds. The van der Waals surface area contributed by atoms with Gasteiger partial charge in [0, 0.05) is 6.42 Å². The van der Waals surface area contributed by atoms with E-state index in [4.69, 9.17) is 9.47 Å².